The number of benzene rings is 1. The zero-order valence-electron chi connectivity index (χ0n) is 11.7. The van der Waals surface area contributed by atoms with Crippen molar-refractivity contribution in [3.05, 3.63) is 30.1 Å². The third-order valence-corrected chi connectivity index (χ3v) is 2.81. The fraction of sp³-hybridized carbons (Fsp3) is 0.571. The summed E-state index contributed by atoms with van der Waals surface area (Å²) in [5.41, 5.74) is 5.88. The maximum atomic E-state index is 13.7. The summed E-state index contributed by atoms with van der Waals surface area (Å²) in [6.07, 6.45) is -3.25. The van der Waals surface area contributed by atoms with E-state index in [1.165, 1.54) is 6.07 Å². The van der Waals surface area contributed by atoms with Crippen molar-refractivity contribution in [2.45, 2.75) is 19.0 Å². The largest absolute Gasteiger partial charge is 0.411 e. The average Bonchev–Trinajstić information content (AvgIpc) is 2.41. The van der Waals surface area contributed by atoms with Crippen molar-refractivity contribution in [1.29, 1.82) is 0 Å². The molecule has 7 heteroatoms. The van der Waals surface area contributed by atoms with Gasteiger partial charge in [-0.05, 0) is 31.5 Å². The Balaban J connectivity index is 2.46. The number of para-hydroxylation sites is 1. The molecule has 120 valence electrons. The summed E-state index contributed by atoms with van der Waals surface area (Å²) in [6.45, 7) is 0.160. The molecule has 0 aromatic heterocycles. The minimum atomic E-state index is -4.31. The van der Waals surface area contributed by atoms with Gasteiger partial charge in [-0.2, -0.15) is 13.2 Å². The Hall–Kier alpha value is -1.34. The summed E-state index contributed by atoms with van der Waals surface area (Å²) in [4.78, 5) is 1.78. The standard InChI is InChI=1S/C14H20F4N2O/c15-12-5-1-2-6-13(12)20(8-3-7-19)9-4-10-21-11-14(16,17)18/h1-2,5-6H,3-4,7-11,19H2. The lowest BCUT2D eigenvalue weighted by molar-refractivity contribution is -0.173. The highest BCUT2D eigenvalue weighted by Gasteiger charge is 2.27. The first-order valence-corrected chi connectivity index (χ1v) is 6.78. The maximum Gasteiger partial charge on any atom is 0.411 e. The summed E-state index contributed by atoms with van der Waals surface area (Å²) in [5, 5.41) is 0. The third kappa shape index (κ3) is 7.29. The molecule has 0 heterocycles. The first-order valence-electron chi connectivity index (χ1n) is 6.78. The Morgan fingerprint density at radius 2 is 1.76 bits per heavy atom. The Morgan fingerprint density at radius 3 is 2.38 bits per heavy atom. The van der Waals surface area contributed by atoms with Crippen molar-refractivity contribution in [3.63, 3.8) is 0 Å². The summed E-state index contributed by atoms with van der Waals surface area (Å²) >= 11 is 0. The molecule has 0 saturated heterocycles. The quantitative estimate of drug-likeness (QED) is 0.563. The Kier molecular flexibility index (Phi) is 7.45. The molecule has 0 aliphatic heterocycles. The summed E-state index contributed by atoms with van der Waals surface area (Å²) in [7, 11) is 0. The number of hydrogen-bond acceptors (Lipinski definition) is 3. The minimum absolute atomic E-state index is 0.0207. The predicted molar refractivity (Wildman–Crippen MR) is 73.8 cm³/mol. The van der Waals surface area contributed by atoms with Crippen molar-refractivity contribution < 1.29 is 22.3 Å². The molecule has 0 aliphatic rings. The zero-order valence-corrected chi connectivity index (χ0v) is 11.7. The predicted octanol–water partition coefficient (Wildman–Crippen LogP) is 2.95. The number of ether oxygens (including phenoxy) is 1. The molecule has 0 spiro atoms. The van der Waals surface area contributed by atoms with Gasteiger partial charge in [-0.3, -0.25) is 0 Å². The van der Waals surface area contributed by atoms with Crippen molar-refractivity contribution in [2.75, 3.05) is 37.7 Å². The van der Waals surface area contributed by atoms with Gasteiger partial charge in [0.25, 0.3) is 0 Å². The van der Waals surface area contributed by atoms with Gasteiger partial charge < -0.3 is 15.4 Å². The fourth-order valence-corrected chi connectivity index (χ4v) is 1.89. The molecule has 0 bridgehead atoms. The summed E-state index contributed by atoms with van der Waals surface area (Å²) < 4.78 is 54.1. The molecule has 21 heavy (non-hydrogen) atoms. The molecule has 3 nitrogen and oxygen atoms in total. The van der Waals surface area contributed by atoms with E-state index in [-0.39, 0.29) is 12.4 Å². The van der Waals surface area contributed by atoms with Crippen molar-refractivity contribution in [3.8, 4) is 0 Å². The van der Waals surface area contributed by atoms with Crippen LogP contribution in [0.2, 0.25) is 0 Å². The highest BCUT2D eigenvalue weighted by Crippen LogP contribution is 2.19. The molecular weight excluding hydrogens is 288 g/mol. The molecule has 0 radical (unpaired) electrons. The molecule has 2 N–H and O–H groups in total. The van der Waals surface area contributed by atoms with Gasteiger partial charge in [-0.25, -0.2) is 4.39 Å². The third-order valence-electron chi connectivity index (χ3n) is 2.81. The minimum Gasteiger partial charge on any atom is -0.372 e. The van der Waals surface area contributed by atoms with E-state index >= 15 is 0 Å². The van der Waals surface area contributed by atoms with Crippen LogP contribution in [0.5, 0.6) is 0 Å². The van der Waals surface area contributed by atoms with Crippen LogP contribution in [0.1, 0.15) is 12.8 Å². The second kappa shape index (κ2) is 8.84. The number of rotatable bonds is 9. The lowest BCUT2D eigenvalue weighted by atomic mass is 10.2. The van der Waals surface area contributed by atoms with Gasteiger partial charge in [0.05, 0.1) is 5.69 Å². The molecule has 0 fully saturated rings. The van der Waals surface area contributed by atoms with E-state index in [0.717, 1.165) is 0 Å². The number of alkyl halides is 3. The van der Waals surface area contributed by atoms with Crippen molar-refractivity contribution in [1.82, 2.24) is 0 Å². The molecule has 1 rings (SSSR count). The number of nitrogens with zero attached hydrogens (tertiary/aromatic N) is 1. The van der Waals surface area contributed by atoms with Gasteiger partial charge in [0.2, 0.25) is 0 Å². The topological polar surface area (TPSA) is 38.5 Å². The van der Waals surface area contributed by atoms with Crippen LogP contribution in [0, 0.1) is 5.82 Å². The molecule has 0 unspecified atom stereocenters. The second-order valence-corrected chi connectivity index (χ2v) is 4.60. The summed E-state index contributed by atoms with van der Waals surface area (Å²) in [6, 6.07) is 6.30. The highest BCUT2D eigenvalue weighted by atomic mass is 19.4. The van der Waals surface area contributed by atoms with Crippen LogP contribution in [-0.2, 0) is 4.74 Å². The van der Waals surface area contributed by atoms with E-state index in [1.807, 2.05) is 0 Å². The van der Waals surface area contributed by atoms with E-state index in [9.17, 15) is 17.6 Å². The van der Waals surface area contributed by atoms with Crippen molar-refractivity contribution in [2.24, 2.45) is 5.73 Å². The van der Waals surface area contributed by atoms with Crippen LogP contribution >= 0.6 is 0 Å². The van der Waals surface area contributed by atoms with Gasteiger partial charge >= 0.3 is 6.18 Å². The zero-order chi connectivity index (χ0) is 15.7. The SMILES string of the molecule is NCCCN(CCCOCC(F)(F)F)c1ccccc1F. The number of nitrogens with two attached hydrogens (primary N) is 1. The molecule has 0 amide bonds. The first-order chi connectivity index (χ1) is 9.94. The first kappa shape index (κ1) is 17.7. The van der Waals surface area contributed by atoms with E-state index in [1.54, 1.807) is 23.1 Å². The van der Waals surface area contributed by atoms with Gasteiger partial charge in [0.15, 0.2) is 0 Å². The maximum absolute atomic E-state index is 13.7. The van der Waals surface area contributed by atoms with Crippen LogP contribution in [-0.4, -0.2) is 39.0 Å². The lowest BCUT2D eigenvalue weighted by Gasteiger charge is -2.25. The Labute approximate surface area is 121 Å². The molecule has 0 aliphatic carbocycles. The van der Waals surface area contributed by atoms with Gasteiger partial charge in [0, 0.05) is 19.7 Å². The highest BCUT2D eigenvalue weighted by molar-refractivity contribution is 5.47. The molecular formula is C14H20F4N2O. The van der Waals surface area contributed by atoms with Gasteiger partial charge in [-0.1, -0.05) is 12.1 Å². The number of anilines is 1. The summed E-state index contributed by atoms with van der Waals surface area (Å²) in [5.74, 6) is -0.356. The number of halogens is 4. The van der Waals surface area contributed by atoms with Crippen LogP contribution in [0.25, 0.3) is 0 Å². The Morgan fingerprint density at radius 1 is 1.10 bits per heavy atom. The van der Waals surface area contributed by atoms with Crippen LogP contribution in [0.4, 0.5) is 23.2 Å². The van der Waals surface area contributed by atoms with E-state index in [0.29, 0.717) is 38.2 Å². The van der Waals surface area contributed by atoms with E-state index in [2.05, 4.69) is 4.74 Å². The Bertz CT molecular complexity index is 412. The van der Waals surface area contributed by atoms with E-state index in [4.69, 9.17) is 5.73 Å². The average molecular weight is 308 g/mol. The molecule has 1 aromatic rings. The van der Waals surface area contributed by atoms with Gasteiger partial charge in [-0.15, -0.1) is 0 Å². The van der Waals surface area contributed by atoms with Crippen LogP contribution < -0.4 is 10.6 Å². The van der Waals surface area contributed by atoms with Gasteiger partial charge in [0.1, 0.15) is 12.4 Å². The van der Waals surface area contributed by atoms with Crippen LogP contribution in [0.3, 0.4) is 0 Å². The van der Waals surface area contributed by atoms with Crippen molar-refractivity contribution >= 4 is 5.69 Å². The monoisotopic (exact) mass is 308 g/mol. The van der Waals surface area contributed by atoms with Crippen LogP contribution in [0.15, 0.2) is 24.3 Å². The fourth-order valence-electron chi connectivity index (χ4n) is 1.89. The number of hydrogen-bond donors (Lipinski definition) is 1. The lowest BCUT2D eigenvalue weighted by Crippen LogP contribution is -2.29. The molecule has 0 saturated carbocycles. The molecule has 0 atom stereocenters. The van der Waals surface area contributed by atoms with E-state index < -0.39 is 12.8 Å². The smallest absolute Gasteiger partial charge is 0.372 e. The molecule has 1 aromatic carbocycles. The normalized spacial score (nSPS) is 11.7. The second-order valence-electron chi connectivity index (χ2n) is 4.60.